The van der Waals surface area contributed by atoms with Gasteiger partial charge in [-0.3, -0.25) is 4.79 Å². The number of aromatic hydroxyl groups is 1. The largest absolute Gasteiger partial charge is 0.507 e. The zero-order valence-corrected chi connectivity index (χ0v) is 11.2. The number of rotatable bonds is 4. The van der Waals surface area contributed by atoms with E-state index in [1.165, 1.54) is 6.07 Å². The summed E-state index contributed by atoms with van der Waals surface area (Å²) in [4.78, 5) is 13.7. The third kappa shape index (κ3) is 3.63. The molecule has 1 aromatic rings. The van der Waals surface area contributed by atoms with Crippen molar-refractivity contribution in [3.8, 4) is 5.75 Å². The molecule has 0 aromatic heterocycles. The summed E-state index contributed by atoms with van der Waals surface area (Å²) in [5.41, 5.74) is 0.292. The van der Waals surface area contributed by atoms with Gasteiger partial charge in [0.1, 0.15) is 5.75 Å². The molecule has 4 heteroatoms. The summed E-state index contributed by atoms with van der Waals surface area (Å²) < 4.78 is 0. The number of amides is 1. The van der Waals surface area contributed by atoms with E-state index in [4.69, 9.17) is 11.6 Å². The SMILES string of the molecule is CCC(C)CN(C)C(=O)c1ccc(Cl)cc1O. The lowest BCUT2D eigenvalue weighted by Gasteiger charge is -2.21. The summed E-state index contributed by atoms with van der Waals surface area (Å²) in [6.45, 7) is 4.85. The summed E-state index contributed by atoms with van der Waals surface area (Å²) >= 11 is 5.72. The molecule has 0 heterocycles. The number of nitrogens with zero attached hydrogens (tertiary/aromatic N) is 1. The Labute approximate surface area is 107 Å². The molecular weight excluding hydrogens is 238 g/mol. The Morgan fingerprint density at radius 3 is 2.71 bits per heavy atom. The van der Waals surface area contributed by atoms with Crippen molar-refractivity contribution in [1.29, 1.82) is 0 Å². The number of benzene rings is 1. The highest BCUT2D eigenvalue weighted by molar-refractivity contribution is 6.30. The van der Waals surface area contributed by atoms with Crippen LogP contribution in [-0.2, 0) is 0 Å². The van der Waals surface area contributed by atoms with E-state index in [2.05, 4.69) is 13.8 Å². The van der Waals surface area contributed by atoms with Gasteiger partial charge in [0, 0.05) is 18.6 Å². The Kier molecular flexibility index (Phi) is 4.82. The molecule has 1 rings (SSSR count). The summed E-state index contributed by atoms with van der Waals surface area (Å²) in [7, 11) is 1.74. The van der Waals surface area contributed by atoms with Crippen molar-refractivity contribution in [2.24, 2.45) is 5.92 Å². The van der Waals surface area contributed by atoms with E-state index in [-0.39, 0.29) is 11.7 Å². The van der Waals surface area contributed by atoms with Crippen molar-refractivity contribution < 1.29 is 9.90 Å². The molecule has 0 radical (unpaired) electrons. The third-order valence-electron chi connectivity index (χ3n) is 2.82. The van der Waals surface area contributed by atoms with E-state index < -0.39 is 0 Å². The lowest BCUT2D eigenvalue weighted by Crippen LogP contribution is -2.30. The maximum atomic E-state index is 12.1. The molecule has 0 saturated heterocycles. The summed E-state index contributed by atoms with van der Waals surface area (Å²) in [6, 6.07) is 4.53. The van der Waals surface area contributed by atoms with Gasteiger partial charge < -0.3 is 10.0 Å². The third-order valence-corrected chi connectivity index (χ3v) is 3.05. The number of hydrogen-bond donors (Lipinski definition) is 1. The van der Waals surface area contributed by atoms with Gasteiger partial charge in [-0.2, -0.15) is 0 Å². The number of hydrogen-bond acceptors (Lipinski definition) is 2. The summed E-state index contributed by atoms with van der Waals surface area (Å²) in [5.74, 6) is 0.191. The van der Waals surface area contributed by atoms with Crippen molar-refractivity contribution in [2.45, 2.75) is 20.3 Å². The van der Waals surface area contributed by atoms with Gasteiger partial charge >= 0.3 is 0 Å². The Hall–Kier alpha value is -1.22. The number of phenolic OH excluding ortho intramolecular Hbond substituents is 1. The topological polar surface area (TPSA) is 40.5 Å². The van der Waals surface area contributed by atoms with Crippen LogP contribution in [0.15, 0.2) is 18.2 Å². The maximum Gasteiger partial charge on any atom is 0.257 e. The van der Waals surface area contributed by atoms with Crippen LogP contribution >= 0.6 is 11.6 Å². The minimum atomic E-state index is -0.181. The monoisotopic (exact) mass is 255 g/mol. The van der Waals surface area contributed by atoms with E-state index in [0.717, 1.165) is 6.42 Å². The predicted octanol–water partition coefficient (Wildman–Crippen LogP) is 3.16. The molecule has 0 aliphatic rings. The first-order valence-electron chi connectivity index (χ1n) is 5.69. The number of carbonyl (C=O) groups excluding carboxylic acids is 1. The first-order valence-corrected chi connectivity index (χ1v) is 6.07. The van der Waals surface area contributed by atoms with E-state index >= 15 is 0 Å². The van der Waals surface area contributed by atoms with E-state index in [0.29, 0.717) is 23.0 Å². The lowest BCUT2D eigenvalue weighted by molar-refractivity contribution is 0.0772. The second-order valence-corrected chi connectivity index (χ2v) is 4.80. The standard InChI is InChI=1S/C13H18ClNO2/c1-4-9(2)8-15(3)13(17)11-6-5-10(14)7-12(11)16/h5-7,9,16H,4,8H2,1-3H3. The Bertz CT molecular complexity index is 406. The van der Waals surface area contributed by atoms with Crippen LogP contribution in [0.25, 0.3) is 0 Å². The molecule has 0 aliphatic carbocycles. The zero-order valence-electron chi connectivity index (χ0n) is 10.4. The van der Waals surface area contributed by atoms with Gasteiger partial charge in [-0.1, -0.05) is 31.9 Å². The minimum Gasteiger partial charge on any atom is -0.507 e. The summed E-state index contributed by atoms with van der Waals surface area (Å²) in [5, 5.41) is 10.1. The van der Waals surface area contributed by atoms with Crippen molar-refractivity contribution in [2.75, 3.05) is 13.6 Å². The molecule has 0 saturated carbocycles. The molecule has 1 atom stereocenters. The maximum absolute atomic E-state index is 12.1. The normalized spacial score (nSPS) is 12.2. The van der Waals surface area contributed by atoms with Gasteiger partial charge in [0.15, 0.2) is 0 Å². The van der Waals surface area contributed by atoms with Gasteiger partial charge in [0.25, 0.3) is 5.91 Å². The van der Waals surface area contributed by atoms with Crippen LogP contribution in [0.3, 0.4) is 0 Å². The first kappa shape index (κ1) is 13.8. The average Bonchev–Trinajstić information content (AvgIpc) is 2.28. The Balaban J connectivity index is 2.81. The van der Waals surface area contributed by atoms with Gasteiger partial charge in [-0.15, -0.1) is 0 Å². The minimum absolute atomic E-state index is 0.0708. The molecule has 1 unspecified atom stereocenters. The number of phenols is 1. The van der Waals surface area contributed by atoms with Crippen LogP contribution < -0.4 is 0 Å². The molecule has 0 fully saturated rings. The van der Waals surface area contributed by atoms with Gasteiger partial charge in [-0.25, -0.2) is 0 Å². The van der Waals surface area contributed by atoms with Gasteiger partial charge in [0.2, 0.25) is 0 Å². The lowest BCUT2D eigenvalue weighted by atomic mass is 10.1. The van der Waals surface area contributed by atoms with Crippen molar-refractivity contribution in [3.05, 3.63) is 28.8 Å². The van der Waals surface area contributed by atoms with Crippen LogP contribution in [0, 0.1) is 5.92 Å². The fraction of sp³-hybridized carbons (Fsp3) is 0.462. The quantitative estimate of drug-likeness (QED) is 0.898. The molecule has 0 spiro atoms. The van der Waals surface area contributed by atoms with Crippen LogP contribution in [0.2, 0.25) is 5.02 Å². The van der Waals surface area contributed by atoms with Crippen LogP contribution in [0.5, 0.6) is 5.75 Å². The van der Waals surface area contributed by atoms with Crippen LogP contribution in [-0.4, -0.2) is 29.5 Å². The van der Waals surface area contributed by atoms with Crippen molar-refractivity contribution in [1.82, 2.24) is 4.90 Å². The molecular formula is C13H18ClNO2. The number of carbonyl (C=O) groups is 1. The summed E-state index contributed by atoms with van der Waals surface area (Å²) in [6.07, 6.45) is 1.02. The molecule has 17 heavy (non-hydrogen) atoms. The van der Waals surface area contributed by atoms with E-state index in [1.807, 2.05) is 0 Å². The van der Waals surface area contributed by atoms with E-state index in [1.54, 1.807) is 24.1 Å². The van der Waals surface area contributed by atoms with Crippen molar-refractivity contribution in [3.63, 3.8) is 0 Å². The van der Waals surface area contributed by atoms with Crippen LogP contribution in [0.1, 0.15) is 30.6 Å². The first-order chi connectivity index (χ1) is 7.95. The fourth-order valence-electron chi connectivity index (χ4n) is 1.57. The fourth-order valence-corrected chi connectivity index (χ4v) is 1.74. The molecule has 0 bridgehead atoms. The number of halogens is 1. The highest BCUT2D eigenvalue weighted by Gasteiger charge is 2.17. The predicted molar refractivity (Wildman–Crippen MR) is 69.5 cm³/mol. The second kappa shape index (κ2) is 5.92. The average molecular weight is 256 g/mol. The van der Waals surface area contributed by atoms with Crippen LogP contribution in [0.4, 0.5) is 0 Å². The smallest absolute Gasteiger partial charge is 0.257 e. The highest BCUT2D eigenvalue weighted by atomic mass is 35.5. The Morgan fingerprint density at radius 1 is 1.53 bits per heavy atom. The van der Waals surface area contributed by atoms with Gasteiger partial charge in [0.05, 0.1) is 5.56 Å². The molecule has 1 N–H and O–H groups in total. The van der Waals surface area contributed by atoms with Gasteiger partial charge in [-0.05, 0) is 24.1 Å². The molecule has 94 valence electrons. The zero-order chi connectivity index (χ0) is 13.0. The van der Waals surface area contributed by atoms with Crippen molar-refractivity contribution >= 4 is 17.5 Å². The highest BCUT2D eigenvalue weighted by Crippen LogP contribution is 2.23. The van der Waals surface area contributed by atoms with E-state index in [9.17, 15) is 9.90 Å². The molecule has 0 aliphatic heterocycles. The Morgan fingerprint density at radius 2 is 2.18 bits per heavy atom. The molecule has 3 nitrogen and oxygen atoms in total. The molecule has 1 amide bonds. The molecule has 1 aromatic carbocycles. The second-order valence-electron chi connectivity index (χ2n) is 4.36.